The minimum atomic E-state index is -0.365. The fourth-order valence-corrected chi connectivity index (χ4v) is 9.18. The minimum absolute atomic E-state index is 0. The molecule has 2 fully saturated rings. The Kier molecular flexibility index (Phi) is 25.5. The third-order valence-electron chi connectivity index (χ3n) is 14.2. The molecule has 4 aromatic carbocycles. The van der Waals surface area contributed by atoms with Crippen molar-refractivity contribution in [2.45, 2.75) is 114 Å². The van der Waals surface area contributed by atoms with Gasteiger partial charge in [-0.1, -0.05) is 89.8 Å². The summed E-state index contributed by atoms with van der Waals surface area (Å²) in [5.41, 5.74) is 11.6. The Bertz CT molecular complexity index is 3340. The van der Waals surface area contributed by atoms with E-state index < -0.39 is 0 Å². The van der Waals surface area contributed by atoms with Crippen LogP contribution in [0.15, 0.2) is 114 Å². The second-order valence-electron chi connectivity index (χ2n) is 22.8. The lowest BCUT2D eigenvalue weighted by molar-refractivity contribution is -0.118. The largest absolute Gasteiger partial charge is 0.457 e. The van der Waals surface area contributed by atoms with Crippen LogP contribution >= 0.6 is 12.2 Å². The van der Waals surface area contributed by atoms with E-state index in [0.29, 0.717) is 70.6 Å². The summed E-state index contributed by atoms with van der Waals surface area (Å²) in [6, 6.07) is 27.9. The zero-order valence-electron chi connectivity index (χ0n) is 48.1. The molecule has 0 spiro atoms. The zero-order valence-corrected chi connectivity index (χ0v) is 48.9. The maximum Gasteiger partial charge on any atom is 0.239 e. The number of carbonyl (C=O) groups is 2. The highest BCUT2D eigenvalue weighted by atomic mass is 32.1. The third-order valence-corrected chi connectivity index (χ3v) is 14.2. The molecule has 0 atom stereocenters. The highest BCUT2D eigenvalue weighted by molar-refractivity contribution is 7.78. The highest BCUT2D eigenvalue weighted by Gasteiger charge is 2.22. The topological polar surface area (TPSA) is 189 Å². The molecule has 16 nitrogen and oxygen atoms in total. The summed E-state index contributed by atoms with van der Waals surface area (Å²) in [4.78, 5) is 46.0. The molecule has 2 saturated heterocycles. The number of nitrogen functional groups attached to an aromatic ring is 1. The summed E-state index contributed by atoms with van der Waals surface area (Å²) in [5.74, 6) is 4.40. The Morgan fingerprint density at radius 1 is 0.667 bits per heavy atom. The van der Waals surface area contributed by atoms with Gasteiger partial charge in [0.2, 0.25) is 17.8 Å². The first-order chi connectivity index (χ1) is 38.5. The van der Waals surface area contributed by atoms with Crippen molar-refractivity contribution in [1.29, 1.82) is 0 Å². The number of ether oxygens (including phenoxy) is 2. The fourth-order valence-electron chi connectivity index (χ4n) is 9.08. The van der Waals surface area contributed by atoms with Crippen molar-refractivity contribution < 1.29 is 27.8 Å². The first-order valence-electron chi connectivity index (χ1n) is 27.3. The standard InChI is InChI=1S/C31H37FN6O2.C20H27N5O2.C11H12FNS.3CH4/c1-20-11-14-38(15-12-20)19-29(39)36-28-18-23(10-13-33-28)40-22-7-9-27-26(17-22)35-30(37(27)5)34-25-16-21(31(2,3)4)6-8-24(25)32;1-14-6-9-25(10-7-14)13-20(26)24-19-12-16(5-8-23-19)27-15-3-4-18(22-2)17(21)11-15;1-11(2,3)8-4-5-9(12)10(6-8)13-7-14;;;/h6-10,13,16-18,20H,11-12,14-15,19H2,1-5H3,(H,34,35)(H,33,36,39);3-5,8,11-12,14,22H,6-7,9-10,13,21H2,1-2H3,(H,23,24,26);4-6H,1-3H3;3*1H4. The first-order valence-corrected chi connectivity index (χ1v) is 27.7. The van der Waals surface area contributed by atoms with E-state index >= 15 is 0 Å². The van der Waals surface area contributed by atoms with Gasteiger partial charge in [0.05, 0.1) is 46.3 Å². The van der Waals surface area contributed by atoms with Gasteiger partial charge < -0.3 is 41.0 Å². The number of benzene rings is 4. The molecule has 0 radical (unpaired) electrons. The fraction of sp³-hybridized carbons (Fsp3) is 0.415. The van der Waals surface area contributed by atoms with Crippen LogP contribution in [0.4, 0.5) is 49.1 Å². The van der Waals surface area contributed by atoms with Gasteiger partial charge in [-0.05, 0) is 159 Å². The lowest BCUT2D eigenvalue weighted by Gasteiger charge is -2.29. The number of pyridine rings is 2. The van der Waals surface area contributed by atoms with E-state index in [-0.39, 0.29) is 62.2 Å². The summed E-state index contributed by atoms with van der Waals surface area (Å²) < 4.78 is 41.6. The van der Waals surface area contributed by atoms with E-state index in [2.05, 4.69) is 119 Å². The number of aryl methyl sites for hydroxylation is 1. The van der Waals surface area contributed by atoms with Crippen molar-refractivity contribution in [2.75, 3.05) is 73.3 Å². The van der Waals surface area contributed by atoms with E-state index in [1.54, 1.807) is 54.9 Å². The molecule has 0 aliphatic carbocycles. The van der Waals surface area contributed by atoms with Crippen molar-refractivity contribution in [1.82, 2.24) is 29.3 Å². The molecule has 452 valence electrons. The number of amides is 2. The zero-order chi connectivity index (χ0) is 58.4. The summed E-state index contributed by atoms with van der Waals surface area (Å²) >= 11 is 4.45. The number of piperidine rings is 2. The number of fused-ring (bicyclic) bond motifs is 1. The number of isothiocyanates is 1. The quantitative estimate of drug-likeness (QED) is 0.0393. The molecule has 9 rings (SSSR count). The molecule has 5 heterocycles. The predicted octanol–water partition coefficient (Wildman–Crippen LogP) is 15.5. The van der Waals surface area contributed by atoms with Crippen LogP contribution < -0.4 is 36.5 Å². The number of carbonyl (C=O) groups excluding carboxylic acids is 2. The van der Waals surface area contributed by atoms with E-state index in [4.69, 9.17) is 20.2 Å². The Hall–Kier alpha value is -7.83. The van der Waals surface area contributed by atoms with Crippen LogP contribution in [0, 0.1) is 23.5 Å². The van der Waals surface area contributed by atoms with Gasteiger partial charge in [0.1, 0.15) is 52.0 Å². The summed E-state index contributed by atoms with van der Waals surface area (Å²) in [5, 5.41) is 14.1. The number of anilines is 6. The van der Waals surface area contributed by atoms with Crippen molar-refractivity contribution >= 4 is 80.6 Å². The van der Waals surface area contributed by atoms with Gasteiger partial charge in [-0.15, -0.1) is 0 Å². The van der Waals surface area contributed by atoms with Gasteiger partial charge in [-0.2, -0.15) is 4.99 Å². The number of thiocarbonyl (C=S) groups is 1. The Morgan fingerprint density at radius 3 is 1.63 bits per heavy atom. The van der Waals surface area contributed by atoms with Crippen molar-refractivity contribution in [2.24, 2.45) is 23.9 Å². The van der Waals surface area contributed by atoms with Crippen LogP contribution in [0.25, 0.3) is 11.0 Å². The molecule has 0 unspecified atom stereocenters. The molecule has 84 heavy (non-hydrogen) atoms. The number of hydrogen-bond acceptors (Lipinski definition) is 14. The van der Waals surface area contributed by atoms with Crippen LogP contribution in [-0.2, 0) is 27.5 Å². The second-order valence-corrected chi connectivity index (χ2v) is 23.0. The normalized spacial score (nSPS) is 13.8. The average molecular weight is 1170 g/mol. The Morgan fingerprint density at radius 2 is 1.14 bits per heavy atom. The summed E-state index contributed by atoms with van der Waals surface area (Å²) in [7, 11) is 3.69. The number of nitrogens with zero attached hydrogens (tertiary/aromatic N) is 7. The minimum Gasteiger partial charge on any atom is -0.457 e. The highest BCUT2D eigenvalue weighted by Crippen LogP contribution is 2.33. The van der Waals surface area contributed by atoms with Gasteiger partial charge in [0, 0.05) is 50.8 Å². The van der Waals surface area contributed by atoms with Gasteiger partial charge in [0.25, 0.3) is 0 Å². The number of aliphatic imine (C=N–C) groups is 1. The number of nitrogens with two attached hydrogens (primary N) is 1. The summed E-state index contributed by atoms with van der Waals surface area (Å²) in [6.45, 7) is 21.5. The van der Waals surface area contributed by atoms with Crippen molar-refractivity contribution in [3.05, 3.63) is 132 Å². The molecule has 2 amide bonds. The number of imidazole rings is 1. The molecular formula is C65H88F2N12O4S. The van der Waals surface area contributed by atoms with E-state index in [1.165, 1.54) is 12.1 Å². The number of aromatic nitrogens is 4. The number of nitrogens with one attached hydrogen (secondary N) is 4. The van der Waals surface area contributed by atoms with Gasteiger partial charge in [0.15, 0.2) is 0 Å². The monoisotopic (exact) mass is 1170 g/mol. The number of likely N-dealkylation sites (tertiary alicyclic amines) is 2. The van der Waals surface area contributed by atoms with Crippen LogP contribution in [0.5, 0.6) is 23.0 Å². The number of hydrogen-bond donors (Lipinski definition) is 5. The molecule has 19 heteroatoms. The lowest BCUT2D eigenvalue weighted by atomic mass is 9.87. The van der Waals surface area contributed by atoms with E-state index in [0.717, 1.165) is 86.0 Å². The third kappa shape index (κ3) is 19.9. The Balaban J connectivity index is 0.000000297. The molecule has 2 aliphatic rings. The molecular weight excluding hydrogens is 1080 g/mol. The van der Waals surface area contributed by atoms with Crippen LogP contribution in [0.1, 0.15) is 114 Å². The van der Waals surface area contributed by atoms with Crippen LogP contribution in [0.2, 0.25) is 0 Å². The van der Waals surface area contributed by atoms with E-state index in [1.807, 2.05) is 61.1 Å². The lowest BCUT2D eigenvalue weighted by Crippen LogP contribution is -2.38. The molecule has 3 aromatic heterocycles. The predicted molar refractivity (Wildman–Crippen MR) is 345 cm³/mol. The Labute approximate surface area is 502 Å². The van der Waals surface area contributed by atoms with Crippen LogP contribution in [-0.4, -0.2) is 92.6 Å². The molecule has 2 aliphatic heterocycles. The van der Waals surface area contributed by atoms with Gasteiger partial charge >= 0.3 is 0 Å². The SMILES string of the molecule is C.C.C.CC(C)(C)c1ccc(F)c(N=C=S)c1.CC1CCN(CC(=O)Nc2cc(Oc3ccc4c(c3)nc(Nc3cc(C(C)(C)C)ccc3F)n4C)ccn2)CC1.CNc1ccc(Oc2ccnc(NC(=O)CN3CCC(C)CC3)c2)cc1N. The molecule has 6 N–H and O–H groups in total. The first kappa shape index (κ1) is 68.7. The van der Waals surface area contributed by atoms with Crippen LogP contribution in [0.3, 0.4) is 0 Å². The molecule has 7 aromatic rings. The smallest absolute Gasteiger partial charge is 0.239 e. The second kappa shape index (κ2) is 31.2. The van der Waals surface area contributed by atoms with Crippen molar-refractivity contribution in [3.8, 4) is 23.0 Å². The molecule has 0 saturated carbocycles. The maximum atomic E-state index is 14.6. The number of rotatable bonds is 14. The maximum absolute atomic E-state index is 14.6. The van der Waals surface area contributed by atoms with Gasteiger partial charge in [-0.25, -0.2) is 23.7 Å². The van der Waals surface area contributed by atoms with Gasteiger partial charge in [-0.3, -0.25) is 19.4 Å². The number of halogens is 2. The average Bonchev–Trinajstić information content (AvgIpc) is 3.16. The van der Waals surface area contributed by atoms with Crippen molar-refractivity contribution in [3.63, 3.8) is 0 Å². The summed E-state index contributed by atoms with van der Waals surface area (Å²) in [6.07, 6.45) is 7.74. The molecule has 0 bridgehead atoms. The van der Waals surface area contributed by atoms with E-state index in [9.17, 15) is 18.4 Å².